The minimum absolute atomic E-state index is 0.509. The molecule has 1 atom stereocenters. The molecule has 0 aliphatic heterocycles. The van der Waals surface area contributed by atoms with Gasteiger partial charge in [0.2, 0.25) is 0 Å². The van der Waals surface area contributed by atoms with Crippen molar-refractivity contribution < 1.29 is 5.11 Å². The Balaban J connectivity index is 2.09. The second-order valence-corrected chi connectivity index (χ2v) is 3.75. The number of rotatable bonds is 3. The molecule has 3 heteroatoms. The predicted molar refractivity (Wildman–Crippen MR) is 63.8 cm³/mol. The first-order valence-electron chi connectivity index (χ1n) is 5.18. The van der Waals surface area contributed by atoms with Crippen molar-refractivity contribution >= 4 is 5.69 Å². The lowest BCUT2D eigenvalue weighted by Crippen LogP contribution is -2.02. The van der Waals surface area contributed by atoms with E-state index in [2.05, 4.69) is 4.98 Å². The van der Waals surface area contributed by atoms with Gasteiger partial charge in [0.25, 0.3) is 0 Å². The second-order valence-electron chi connectivity index (χ2n) is 3.75. The van der Waals surface area contributed by atoms with Crippen LogP contribution in [0.25, 0.3) is 0 Å². The molecule has 3 nitrogen and oxygen atoms in total. The number of benzene rings is 1. The molecule has 0 aliphatic carbocycles. The SMILES string of the molecule is Nc1ccc(C(O)Cc2cccnc2)cc1. The highest BCUT2D eigenvalue weighted by Crippen LogP contribution is 2.18. The Morgan fingerprint density at radius 3 is 2.56 bits per heavy atom. The molecule has 0 amide bonds. The summed E-state index contributed by atoms with van der Waals surface area (Å²) in [5.74, 6) is 0. The number of hydrogen-bond donors (Lipinski definition) is 2. The summed E-state index contributed by atoms with van der Waals surface area (Å²) in [7, 11) is 0. The van der Waals surface area contributed by atoms with Crippen LogP contribution in [-0.4, -0.2) is 10.1 Å². The molecule has 2 aromatic rings. The third-order valence-electron chi connectivity index (χ3n) is 2.47. The number of aliphatic hydroxyl groups is 1. The number of nitrogen functional groups attached to an aromatic ring is 1. The zero-order valence-electron chi connectivity index (χ0n) is 8.88. The molecule has 0 radical (unpaired) electrons. The van der Waals surface area contributed by atoms with Crippen molar-refractivity contribution in [2.45, 2.75) is 12.5 Å². The maximum absolute atomic E-state index is 10.00. The van der Waals surface area contributed by atoms with Gasteiger partial charge in [-0.2, -0.15) is 0 Å². The van der Waals surface area contributed by atoms with E-state index in [1.54, 1.807) is 24.5 Å². The van der Waals surface area contributed by atoms with E-state index >= 15 is 0 Å². The molecule has 0 spiro atoms. The summed E-state index contributed by atoms with van der Waals surface area (Å²) in [5.41, 5.74) is 8.19. The average Bonchev–Trinajstić information content (AvgIpc) is 2.31. The summed E-state index contributed by atoms with van der Waals surface area (Å²) in [6.07, 6.45) is 3.54. The Hall–Kier alpha value is -1.87. The molecule has 0 bridgehead atoms. The van der Waals surface area contributed by atoms with E-state index in [1.807, 2.05) is 24.3 Å². The maximum Gasteiger partial charge on any atom is 0.0830 e. The topological polar surface area (TPSA) is 59.1 Å². The van der Waals surface area contributed by atoms with E-state index in [-0.39, 0.29) is 0 Å². The van der Waals surface area contributed by atoms with Gasteiger partial charge in [0.1, 0.15) is 0 Å². The Morgan fingerprint density at radius 1 is 1.19 bits per heavy atom. The van der Waals surface area contributed by atoms with E-state index in [0.717, 1.165) is 11.1 Å². The van der Waals surface area contributed by atoms with Gasteiger partial charge < -0.3 is 10.8 Å². The summed E-state index contributed by atoms with van der Waals surface area (Å²) in [6.45, 7) is 0. The summed E-state index contributed by atoms with van der Waals surface area (Å²) in [4.78, 5) is 4.01. The van der Waals surface area contributed by atoms with Gasteiger partial charge in [-0.15, -0.1) is 0 Å². The van der Waals surface area contributed by atoms with E-state index in [4.69, 9.17) is 5.73 Å². The smallest absolute Gasteiger partial charge is 0.0830 e. The highest BCUT2D eigenvalue weighted by atomic mass is 16.3. The standard InChI is InChI=1S/C13H14N2O/c14-12-5-3-11(4-6-12)13(16)8-10-2-1-7-15-9-10/h1-7,9,13,16H,8,14H2. The van der Waals surface area contributed by atoms with Crippen molar-refractivity contribution in [3.8, 4) is 0 Å². The number of hydrogen-bond acceptors (Lipinski definition) is 3. The van der Waals surface area contributed by atoms with Gasteiger partial charge >= 0.3 is 0 Å². The normalized spacial score (nSPS) is 12.3. The van der Waals surface area contributed by atoms with Gasteiger partial charge in [-0.05, 0) is 29.3 Å². The van der Waals surface area contributed by atoms with Crippen LogP contribution in [0.3, 0.4) is 0 Å². The molecule has 1 unspecified atom stereocenters. The lowest BCUT2D eigenvalue weighted by atomic mass is 10.0. The van der Waals surface area contributed by atoms with Crippen LogP contribution in [0.15, 0.2) is 48.8 Å². The first-order valence-corrected chi connectivity index (χ1v) is 5.18. The number of anilines is 1. The monoisotopic (exact) mass is 214 g/mol. The Labute approximate surface area is 94.6 Å². The van der Waals surface area contributed by atoms with Gasteiger partial charge in [0.15, 0.2) is 0 Å². The van der Waals surface area contributed by atoms with Crippen LogP contribution in [0.2, 0.25) is 0 Å². The summed E-state index contributed by atoms with van der Waals surface area (Å²) in [6, 6.07) is 11.1. The third kappa shape index (κ3) is 2.58. The highest BCUT2D eigenvalue weighted by Gasteiger charge is 2.07. The minimum Gasteiger partial charge on any atom is -0.399 e. The van der Waals surface area contributed by atoms with E-state index < -0.39 is 6.10 Å². The number of aliphatic hydroxyl groups excluding tert-OH is 1. The fourth-order valence-electron chi connectivity index (χ4n) is 1.58. The van der Waals surface area contributed by atoms with Gasteiger partial charge in [-0.1, -0.05) is 18.2 Å². The van der Waals surface area contributed by atoms with Gasteiger partial charge in [-0.3, -0.25) is 4.98 Å². The Morgan fingerprint density at radius 2 is 1.94 bits per heavy atom. The van der Waals surface area contributed by atoms with Gasteiger partial charge in [0.05, 0.1) is 6.10 Å². The molecule has 16 heavy (non-hydrogen) atoms. The van der Waals surface area contributed by atoms with Crippen LogP contribution in [0.4, 0.5) is 5.69 Å². The molecule has 0 fully saturated rings. The van der Waals surface area contributed by atoms with Crippen molar-refractivity contribution in [3.63, 3.8) is 0 Å². The summed E-state index contributed by atoms with van der Waals surface area (Å²) >= 11 is 0. The first-order chi connectivity index (χ1) is 7.75. The van der Waals surface area contributed by atoms with Crippen molar-refractivity contribution in [2.24, 2.45) is 0 Å². The fourth-order valence-corrected chi connectivity index (χ4v) is 1.58. The molecule has 0 aliphatic rings. The molecule has 0 saturated heterocycles. The molecule has 1 heterocycles. The first kappa shape index (κ1) is 10.6. The molecule has 3 N–H and O–H groups in total. The molecule has 82 valence electrons. The number of nitrogens with two attached hydrogens (primary N) is 1. The molecule has 1 aromatic heterocycles. The molecular weight excluding hydrogens is 200 g/mol. The zero-order chi connectivity index (χ0) is 11.4. The van der Waals surface area contributed by atoms with Crippen LogP contribution < -0.4 is 5.73 Å². The van der Waals surface area contributed by atoms with E-state index in [0.29, 0.717) is 12.1 Å². The molecule has 0 saturated carbocycles. The van der Waals surface area contributed by atoms with E-state index in [9.17, 15) is 5.11 Å². The molecular formula is C13H14N2O. The van der Waals surface area contributed by atoms with Gasteiger partial charge in [-0.25, -0.2) is 0 Å². The lowest BCUT2D eigenvalue weighted by molar-refractivity contribution is 0.178. The van der Waals surface area contributed by atoms with Crippen molar-refractivity contribution in [3.05, 3.63) is 59.9 Å². The Bertz CT molecular complexity index is 439. The quantitative estimate of drug-likeness (QED) is 0.768. The van der Waals surface area contributed by atoms with Crippen molar-refractivity contribution in [1.82, 2.24) is 4.98 Å². The zero-order valence-corrected chi connectivity index (χ0v) is 8.88. The molecule has 2 rings (SSSR count). The lowest BCUT2D eigenvalue weighted by Gasteiger charge is -2.10. The van der Waals surface area contributed by atoms with Crippen molar-refractivity contribution in [2.75, 3.05) is 5.73 Å². The van der Waals surface area contributed by atoms with Crippen LogP contribution in [0, 0.1) is 0 Å². The van der Waals surface area contributed by atoms with Crippen LogP contribution >= 0.6 is 0 Å². The minimum atomic E-state index is -0.509. The summed E-state index contributed by atoms with van der Waals surface area (Å²) in [5, 5.41) is 10.00. The third-order valence-corrected chi connectivity index (χ3v) is 2.47. The highest BCUT2D eigenvalue weighted by molar-refractivity contribution is 5.40. The average molecular weight is 214 g/mol. The van der Waals surface area contributed by atoms with Gasteiger partial charge in [0, 0.05) is 24.5 Å². The largest absolute Gasteiger partial charge is 0.399 e. The number of aromatic nitrogens is 1. The van der Waals surface area contributed by atoms with Crippen LogP contribution in [0.5, 0.6) is 0 Å². The maximum atomic E-state index is 10.00. The van der Waals surface area contributed by atoms with Crippen molar-refractivity contribution in [1.29, 1.82) is 0 Å². The van der Waals surface area contributed by atoms with E-state index in [1.165, 1.54) is 0 Å². The number of nitrogens with zero attached hydrogens (tertiary/aromatic N) is 1. The van der Waals surface area contributed by atoms with Crippen LogP contribution in [0.1, 0.15) is 17.2 Å². The Kier molecular flexibility index (Phi) is 3.17. The number of pyridine rings is 1. The summed E-state index contributed by atoms with van der Waals surface area (Å²) < 4.78 is 0. The predicted octanol–water partition coefficient (Wildman–Crippen LogP) is 1.94. The molecule has 1 aromatic carbocycles. The van der Waals surface area contributed by atoms with Crippen LogP contribution in [-0.2, 0) is 6.42 Å². The second kappa shape index (κ2) is 4.77. The fraction of sp³-hybridized carbons (Fsp3) is 0.154.